The van der Waals surface area contributed by atoms with Crippen LogP contribution in [0.4, 0.5) is 5.13 Å². The maximum atomic E-state index is 13.8. The van der Waals surface area contributed by atoms with Gasteiger partial charge in [-0.25, -0.2) is 0 Å². The van der Waals surface area contributed by atoms with Crippen molar-refractivity contribution in [2.24, 2.45) is 0 Å². The van der Waals surface area contributed by atoms with Crippen LogP contribution in [0.1, 0.15) is 27.2 Å². The highest BCUT2D eigenvalue weighted by atomic mass is 32.1. The van der Waals surface area contributed by atoms with Gasteiger partial charge in [0.05, 0.1) is 11.6 Å². The van der Waals surface area contributed by atoms with Gasteiger partial charge in [-0.3, -0.25) is 14.5 Å². The number of carbonyl (C=O) groups excluding carboxylic acids is 2. The number of amides is 1. The average molecular weight is 510 g/mol. The van der Waals surface area contributed by atoms with Crippen LogP contribution in [0.15, 0.2) is 101 Å². The first-order valence-corrected chi connectivity index (χ1v) is 12.2. The maximum absolute atomic E-state index is 13.8. The van der Waals surface area contributed by atoms with Crippen molar-refractivity contribution >= 4 is 39.1 Å². The number of Topliss-reactive ketones (excluding diaryl/α,β-unsaturated/α-hetero) is 1. The molecule has 3 heterocycles. The molecule has 0 fully saturated rings. The van der Waals surface area contributed by atoms with E-state index in [9.17, 15) is 14.7 Å². The van der Waals surface area contributed by atoms with Crippen molar-refractivity contribution in [3.8, 4) is 11.5 Å². The summed E-state index contributed by atoms with van der Waals surface area (Å²) in [6.07, 6.45) is 0. The summed E-state index contributed by atoms with van der Waals surface area (Å²) in [5.41, 5.74) is 0.980. The fourth-order valence-electron chi connectivity index (χ4n) is 4.33. The number of carbonyl (C=O) groups is 2. The molecule has 1 aliphatic heterocycles. The number of hydrogen-bond acceptors (Lipinski definition) is 8. The Bertz CT molecular complexity index is 1660. The van der Waals surface area contributed by atoms with Crippen molar-refractivity contribution in [3.05, 3.63) is 113 Å². The highest BCUT2D eigenvalue weighted by Gasteiger charge is 2.46. The molecule has 1 unspecified atom stereocenters. The highest BCUT2D eigenvalue weighted by Crippen LogP contribution is 2.44. The second-order valence-electron chi connectivity index (χ2n) is 8.41. The Morgan fingerprint density at radius 3 is 2.49 bits per heavy atom. The molecule has 8 nitrogen and oxygen atoms in total. The zero-order chi connectivity index (χ0) is 25.5. The molecular weight excluding hydrogens is 490 g/mol. The van der Waals surface area contributed by atoms with Crippen molar-refractivity contribution in [1.29, 1.82) is 0 Å². The molecule has 9 heteroatoms. The summed E-state index contributed by atoms with van der Waals surface area (Å²) in [6, 6.07) is 24.1. The van der Waals surface area contributed by atoms with Crippen LogP contribution < -0.4 is 9.64 Å². The van der Waals surface area contributed by atoms with Crippen molar-refractivity contribution in [2.45, 2.75) is 13.0 Å². The van der Waals surface area contributed by atoms with Crippen LogP contribution >= 0.6 is 11.3 Å². The van der Waals surface area contributed by atoms with Gasteiger partial charge in [0.1, 0.15) is 22.1 Å². The van der Waals surface area contributed by atoms with Crippen molar-refractivity contribution in [2.75, 3.05) is 4.90 Å². The Morgan fingerprint density at radius 2 is 1.73 bits per heavy atom. The molecule has 1 N–H and O–H groups in total. The van der Waals surface area contributed by atoms with Gasteiger partial charge in [0.2, 0.25) is 10.9 Å². The smallest absolute Gasteiger partial charge is 0.296 e. The third kappa shape index (κ3) is 4.05. The number of anilines is 1. The average Bonchev–Trinajstić information content (AvgIpc) is 3.60. The van der Waals surface area contributed by atoms with Crippen LogP contribution in [-0.2, 0) is 4.79 Å². The lowest BCUT2D eigenvalue weighted by atomic mass is 9.95. The Morgan fingerprint density at radius 1 is 0.973 bits per heavy atom. The lowest BCUT2D eigenvalue weighted by Gasteiger charge is -2.24. The third-order valence-corrected chi connectivity index (χ3v) is 6.81. The predicted molar refractivity (Wildman–Crippen MR) is 138 cm³/mol. The first-order chi connectivity index (χ1) is 18.0. The Balaban J connectivity index is 1.46. The van der Waals surface area contributed by atoms with E-state index in [2.05, 4.69) is 10.2 Å². The van der Waals surface area contributed by atoms with E-state index in [1.54, 1.807) is 49.4 Å². The maximum Gasteiger partial charge on any atom is 0.296 e. The number of aliphatic hydroxyl groups excluding tert-OH is 1. The monoisotopic (exact) mass is 509 g/mol. The van der Waals surface area contributed by atoms with Gasteiger partial charge in [-0.15, -0.1) is 10.2 Å². The Kier molecular flexibility index (Phi) is 5.54. The van der Waals surface area contributed by atoms with Crippen LogP contribution in [-0.4, -0.2) is 27.0 Å². The second kappa shape index (κ2) is 9.03. The highest BCUT2D eigenvalue weighted by molar-refractivity contribution is 7.15. The normalized spacial score (nSPS) is 15.5. The number of para-hydroxylation sites is 2. The predicted octanol–water partition coefficient (Wildman–Crippen LogP) is 6.17. The molecule has 2 aromatic heterocycles. The fourth-order valence-corrected chi connectivity index (χ4v) is 5.05. The van der Waals surface area contributed by atoms with E-state index in [4.69, 9.17) is 9.15 Å². The van der Waals surface area contributed by atoms with Crippen LogP contribution in [0.25, 0.3) is 11.0 Å². The van der Waals surface area contributed by atoms with E-state index >= 15 is 0 Å². The van der Waals surface area contributed by atoms with Crippen LogP contribution in [0.5, 0.6) is 11.5 Å². The summed E-state index contributed by atoms with van der Waals surface area (Å²) in [6.45, 7) is 1.76. The van der Waals surface area contributed by atoms with E-state index in [-0.39, 0.29) is 16.5 Å². The first kappa shape index (κ1) is 22.7. The van der Waals surface area contributed by atoms with Crippen LogP contribution in [0.2, 0.25) is 0 Å². The summed E-state index contributed by atoms with van der Waals surface area (Å²) in [4.78, 5) is 28.4. The van der Waals surface area contributed by atoms with Crippen molar-refractivity contribution in [1.82, 2.24) is 10.2 Å². The zero-order valence-corrected chi connectivity index (χ0v) is 20.3. The SMILES string of the molecule is Cc1nnc(N2C(=O)C(O)=C(C(=O)c3cc4ccccc4o3)C2c2cccc(Oc3ccccc3)c2)s1. The number of ketones is 1. The molecule has 1 amide bonds. The number of fused-ring (bicyclic) bond motifs is 1. The van der Waals surface area contributed by atoms with E-state index in [1.165, 1.54) is 16.2 Å². The minimum absolute atomic E-state index is 0.0209. The summed E-state index contributed by atoms with van der Waals surface area (Å²) < 4.78 is 11.8. The summed E-state index contributed by atoms with van der Waals surface area (Å²) in [5.74, 6) is -0.826. The van der Waals surface area contributed by atoms with Gasteiger partial charge in [-0.1, -0.05) is 59.9 Å². The van der Waals surface area contributed by atoms with E-state index in [0.29, 0.717) is 27.7 Å². The number of rotatable bonds is 6. The number of furan rings is 1. The molecule has 0 radical (unpaired) electrons. The van der Waals surface area contributed by atoms with Gasteiger partial charge < -0.3 is 14.3 Å². The molecule has 0 spiro atoms. The van der Waals surface area contributed by atoms with Gasteiger partial charge in [0.15, 0.2) is 11.5 Å². The number of benzene rings is 3. The molecule has 3 aromatic carbocycles. The molecular formula is C28H19N3O5S. The summed E-state index contributed by atoms with van der Waals surface area (Å²) in [5, 5.41) is 20.8. The molecule has 182 valence electrons. The number of aryl methyl sites for hydroxylation is 1. The molecule has 5 aromatic rings. The van der Waals surface area contributed by atoms with E-state index in [0.717, 1.165) is 5.39 Å². The van der Waals surface area contributed by atoms with Crippen LogP contribution in [0, 0.1) is 6.92 Å². The lowest BCUT2D eigenvalue weighted by molar-refractivity contribution is -0.117. The lowest BCUT2D eigenvalue weighted by Crippen LogP contribution is -2.31. The molecule has 0 bridgehead atoms. The van der Waals surface area contributed by atoms with E-state index in [1.807, 2.05) is 42.5 Å². The Hall–Kier alpha value is -4.76. The molecule has 1 atom stereocenters. The van der Waals surface area contributed by atoms with Crippen LogP contribution in [0.3, 0.4) is 0 Å². The summed E-state index contributed by atoms with van der Waals surface area (Å²) in [7, 11) is 0. The molecule has 0 saturated carbocycles. The van der Waals surface area contributed by atoms with Gasteiger partial charge in [-0.05, 0) is 48.9 Å². The van der Waals surface area contributed by atoms with Gasteiger partial charge in [-0.2, -0.15) is 0 Å². The van der Waals surface area contributed by atoms with Crippen molar-refractivity contribution in [3.63, 3.8) is 0 Å². The number of nitrogens with zero attached hydrogens (tertiary/aromatic N) is 3. The number of aliphatic hydroxyl groups is 1. The molecule has 37 heavy (non-hydrogen) atoms. The Labute approximate surface area is 215 Å². The second-order valence-corrected chi connectivity index (χ2v) is 9.57. The van der Waals surface area contributed by atoms with Gasteiger partial charge >= 0.3 is 0 Å². The summed E-state index contributed by atoms with van der Waals surface area (Å²) >= 11 is 1.19. The van der Waals surface area contributed by atoms with Gasteiger partial charge in [0.25, 0.3) is 5.91 Å². The largest absolute Gasteiger partial charge is 0.503 e. The molecule has 6 rings (SSSR count). The number of hydrogen-bond donors (Lipinski definition) is 1. The molecule has 0 aliphatic carbocycles. The number of aromatic nitrogens is 2. The minimum Gasteiger partial charge on any atom is -0.503 e. The topological polar surface area (TPSA) is 106 Å². The quantitative estimate of drug-likeness (QED) is 0.273. The van der Waals surface area contributed by atoms with Gasteiger partial charge in [0, 0.05) is 5.39 Å². The fraction of sp³-hybridized carbons (Fsp3) is 0.0714. The minimum atomic E-state index is -0.972. The van der Waals surface area contributed by atoms with Crippen molar-refractivity contribution < 1.29 is 23.8 Å². The standard InChI is InChI=1S/C28H19N3O5S/c1-16-29-30-28(37-16)31-24(18-9-7-12-20(14-18)35-19-10-3-2-4-11-19)23(26(33)27(31)34)25(32)22-15-17-8-5-6-13-21(17)36-22/h2-15,24,33H,1H3. The molecule has 1 aliphatic rings. The molecule has 0 saturated heterocycles. The zero-order valence-electron chi connectivity index (χ0n) is 19.5. The number of ether oxygens (including phenoxy) is 1. The van der Waals surface area contributed by atoms with E-state index < -0.39 is 23.5 Å². The third-order valence-electron chi connectivity index (χ3n) is 5.98. The first-order valence-electron chi connectivity index (χ1n) is 11.4.